The smallest absolute Gasteiger partial charge is 0.335 e. The summed E-state index contributed by atoms with van der Waals surface area (Å²) in [5.74, 6) is 0.129. The summed E-state index contributed by atoms with van der Waals surface area (Å²) in [4.78, 5) is 26.2. The summed E-state index contributed by atoms with van der Waals surface area (Å²) in [6, 6.07) is 7.29. The van der Waals surface area contributed by atoms with Gasteiger partial charge in [-0.3, -0.25) is 4.79 Å². The summed E-state index contributed by atoms with van der Waals surface area (Å²) < 4.78 is 5.10. The van der Waals surface area contributed by atoms with E-state index in [0.717, 1.165) is 56.8 Å². The van der Waals surface area contributed by atoms with Crippen LogP contribution in [0.1, 0.15) is 56.9 Å². The van der Waals surface area contributed by atoms with Gasteiger partial charge >= 0.3 is 5.97 Å². The Labute approximate surface area is 144 Å². The summed E-state index contributed by atoms with van der Waals surface area (Å²) in [5.41, 5.74) is 0.998. The fourth-order valence-electron chi connectivity index (χ4n) is 3.10. The van der Waals surface area contributed by atoms with E-state index in [9.17, 15) is 9.59 Å². The normalized spacial score (nSPS) is 15.6. The van der Waals surface area contributed by atoms with Crippen molar-refractivity contribution in [3.8, 4) is 5.75 Å². The monoisotopic (exact) mass is 329 g/mol. The molecule has 1 aromatic carbocycles. The number of benzene rings is 1. The second-order valence-corrected chi connectivity index (χ2v) is 6.28. The van der Waals surface area contributed by atoms with Gasteiger partial charge in [-0.1, -0.05) is 38.5 Å². The number of hydrogen-bond acceptors (Lipinski definition) is 3. The number of carbonyl (C=O) groups is 2. The van der Waals surface area contributed by atoms with E-state index in [2.05, 4.69) is 13.5 Å². The van der Waals surface area contributed by atoms with Crippen molar-refractivity contribution in [1.82, 2.24) is 4.90 Å². The van der Waals surface area contributed by atoms with Crippen LogP contribution in [-0.2, 0) is 9.59 Å². The highest BCUT2D eigenvalue weighted by Gasteiger charge is 2.26. The van der Waals surface area contributed by atoms with Crippen LogP contribution in [0.4, 0.5) is 0 Å². The SMILES string of the molecule is C=CC(=O)Oc1ccc(C(CCCC)C(=O)N2CCCCC2)cc1. The molecular formula is C20H27NO3. The van der Waals surface area contributed by atoms with E-state index in [1.807, 2.05) is 17.0 Å². The molecular weight excluding hydrogens is 302 g/mol. The second-order valence-electron chi connectivity index (χ2n) is 6.28. The molecule has 1 heterocycles. The van der Waals surface area contributed by atoms with Crippen molar-refractivity contribution < 1.29 is 14.3 Å². The average molecular weight is 329 g/mol. The van der Waals surface area contributed by atoms with Crippen molar-refractivity contribution in [1.29, 1.82) is 0 Å². The maximum absolute atomic E-state index is 12.9. The standard InChI is InChI=1S/C20H27NO3/c1-3-5-9-18(20(23)21-14-7-6-8-15-21)16-10-12-17(13-11-16)24-19(22)4-2/h4,10-13,18H,2-3,5-9,14-15H2,1H3. The maximum atomic E-state index is 12.9. The Balaban J connectivity index is 2.12. The van der Waals surface area contributed by atoms with E-state index in [0.29, 0.717) is 5.75 Å². The van der Waals surface area contributed by atoms with Crippen LogP contribution < -0.4 is 4.74 Å². The predicted octanol–water partition coefficient (Wildman–Crippen LogP) is 4.06. The van der Waals surface area contributed by atoms with Crippen LogP contribution in [0.2, 0.25) is 0 Å². The first-order valence-electron chi connectivity index (χ1n) is 8.88. The van der Waals surface area contributed by atoms with Crippen LogP contribution in [-0.4, -0.2) is 29.9 Å². The van der Waals surface area contributed by atoms with Gasteiger partial charge in [0.1, 0.15) is 5.75 Å². The zero-order valence-corrected chi connectivity index (χ0v) is 14.5. The number of nitrogens with zero attached hydrogens (tertiary/aromatic N) is 1. The van der Waals surface area contributed by atoms with Crippen LogP contribution in [0, 0.1) is 0 Å². The zero-order chi connectivity index (χ0) is 17.4. The Kier molecular flexibility index (Phi) is 7.04. The van der Waals surface area contributed by atoms with Crippen molar-refractivity contribution in [3.05, 3.63) is 42.5 Å². The highest BCUT2D eigenvalue weighted by atomic mass is 16.5. The minimum Gasteiger partial charge on any atom is -0.423 e. The molecule has 0 spiro atoms. The minimum absolute atomic E-state index is 0.104. The van der Waals surface area contributed by atoms with Crippen molar-refractivity contribution >= 4 is 11.9 Å². The lowest BCUT2D eigenvalue weighted by Gasteiger charge is -2.30. The Hall–Kier alpha value is -2.10. The number of ether oxygens (including phenoxy) is 1. The number of amides is 1. The van der Waals surface area contributed by atoms with E-state index >= 15 is 0 Å². The lowest BCUT2D eigenvalue weighted by atomic mass is 9.91. The number of carbonyl (C=O) groups excluding carboxylic acids is 2. The Morgan fingerprint density at radius 3 is 2.46 bits per heavy atom. The van der Waals surface area contributed by atoms with Gasteiger partial charge in [0, 0.05) is 19.2 Å². The first-order valence-corrected chi connectivity index (χ1v) is 8.88. The highest BCUT2D eigenvalue weighted by Crippen LogP contribution is 2.28. The van der Waals surface area contributed by atoms with Gasteiger partial charge in [-0.2, -0.15) is 0 Å². The molecule has 1 unspecified atom stereocenters. The molecule has 1 aliphatic heterocycles. The lowest BCUT2D eigenvalue weighted by molar-refractivity contribution is -0.134. The molecule has 0 aromatic heterocycles. The molecule has 1 amide bonds. The van der Waals surface area contributed by atoms with Crippen LogP contribution >= 0.6 is 0 Å². The van der Waals surface area contributed by atoms with Gasteiger partial charge in [-0.25, -0.2) is 4.79 Å². The van der Waals surface area contributed by atoms with E-state index in [-0.39, 0.29) is 11.8 Å². The molecule has 2 rings (SSSR count). The second kappa shape index (κ2) is 9.26. The Morgan fingerprint density at radius 2 is 1.88 bits per heavy atom. The average Bonchev–Trinajstić information content (AvgIpc) is 2.63. The topological polar surface area (TPSA) is 46.6 Å². The number of piperidine rings is 1. The first-order chi connectivity index (χ1) is 11.7. The number of likely N-dealkylation sites (tertiary alicyclic amines) is 1. The molecule has 130 valence electrons. The number of hydrogen-bond donors (Lipinski definition) is 0. The number of rotatable bonds is 7. The molecule has 0 saturated carbocycles. The fraction of sp³-hybridized carbons (Fsp3) is 0.500. The molecule has 0 bridgehead atoms. The van der Waals surface area contributed by atoms with Gasteiger partial charge in [-0.05, 0) is 43.4 Å². The summed E-state index contributed by atoms with van der Waals surface area (Å²) in [6.07, 6.45) is 7.50. The Bertz CT molecular complexity index is 559. The summed E-state index contributed by atoms with van der Waals surface area (Å²) in [6.45, 7) is 7.27. The van der Waals surface area contributed by atoms with E-state index in [1.54, 1.807) is 12.1 Å². The van der Waals surface area contributed by atoms with Crippen molar-refractivity contribution in [3.63, 3.8) is 0 Å². The molecule has 1 aliphatic rings. The summed E-state index contributed by atoms with van der Waals surface area (Å²) in [5, 5.41) is 0. The molecule has 4 nitrogen and oxygen atoms in total. The molecule has 0 radical (unpaired) electrons. The van der Waals surface area contributed by atoms with E-state index in [1.165, 1.54) is 6.42 Å². The minimum atomic E-state index is -0.477. The molecule has 0 N–H and O–H groups in total. The predicted molar refractivity (Wildman–Crippen MR) is 95.0 cm³/mol. The highest BCUT2D eigenvalue weighted by molar-refractivity contribution is 5.84. The van der Waals surface area contributed by atoms with Crippen LogP contribution in [0.25, 0.3) is 0 Å². The van der Waals surface area contributed by atoms with Crippen LogP contribution in [0.3, 0.4) is 0 Å². The summed E-state index contributed by atoms with van der Waals surface area (Å²) >= 11 is 0. The van der Waals surface area contributed by atoms with Gasteiger partial charge in [0.2, 0.25) is 5.91 Å². The molecule has 1 saturated heterocycles. The van der Waals surface area contributed by atoms with Crippen molar-refractivity contribution in [2.75, 3.05) is 13.1 Å². The fourth-order valence-corrected chi connectivity index (χ4v) is 3.10. The third kappa shape index (κ3) is 4.95. The quantitative estimate of drug-likeness (QED) is 0.430. The number of unbranched alkanes of at least 4 members (excludes halogenated alkanes) is 1. The molecule has 1 aromatic rings. The van der Waals surface area contributed by atoms with Crippen LogP contribution in [0.15, 0.2) is 36.9 Å². The van der Waals surface area contributed by atoms with Gasteiger partial charge in [0.05, 0.1) is 5.92 Å². The van der Waals surface area contributed by atoms with Gasteiger partial charge in [0.15, 0.2) is 0 Å². The molecule has 1 atom stereocenters. The van der Waals surface area contributed by atoms with Gasteiger partial charge in [0.25, 0.3) is 0 Å². The van der Waals surface area contributed by atoms with Gasteiger partial charge in [-0.15, -0.1) is 0 Å². The first kappa shape index (κ1) is 18.2. The lowest BCUT2D eigenvalue weighted by Crippen LogP contribution is -2.38. The van der Waals surface area contributed by atoms with Crippen molar-refractivity contribution in [2.24, 2.45) is 0 Å². The maximum Gasteiger partial charge on any atom is 0.335 e. The van der Waals surface area contributed by atoms with E-state index in [4.69, 9.17) is 4.74 Å². The number of esters is 1. The molecule has 4 heteroatoms. The van der Waals surface area contributed by atoms with Crippen molar-refractivity contribution in [2.45, 2.75) is 51.4 Å². The Morgan fingerprint density at radius 1 is 1.21 bits per heavy atom. The third-order valence-corrected chi connectivity index (χ3v) is 4.48. The van der Waals surface area contributed by atoms with Gasteiger partial charge < -0.3 is 9.64 Å². The molecule has 0 aliphatic carbocycles. The summed E-state index contributed by atoms with van der Waals surface area (Å²) in [7, 11) is 0. The zero-order valence-electron chi connectivity index (χ0n) is 14.5. The molecule has 24 heavy (non-hydrogen) atoms. The van der Waals surface area contributed by atoms with Crippen LogP contribution in [0.5, 0.6) is 5.75 Å². The third-order valence-electron chi connectivity index (χ3n) is 4.48. The van der Waals surface area contributed by atoms with E-state index < -0.39 is 5.97 Å². The molecule has 1 fully saturated rings. The largest absolute Gasteiger partial charge is 0.423 e.